The number of nitrogens with zero attached hydrogens (tertiary/aromatic N) is 2. The lowest BCUT2D eigenvalue weighted by Crippen LogP contribution is -2.22. The van der Waals surface area contributed by atoms with Crippen LogP contribution < -0.4 is 5.56 Å². The predicted octanol–water partition coefficient (Wildman–Crippen LogP) is 4.37. The van der Waals surface area contributed by atoms with Crippen LogP contribution in [0.3, 0.4) is 0 Å². The first-order chi connectivity index (χ1) is 10.6. The number of aromatic nitrogens is 2. The summed E-state index contributed by atoms with van der Waals surface area (Å²) in [6, 6.07) is 18.5. The maximum Gasteiger partial charge on any atom is 0.267 e. The Morgan fingerprint density at radius 3 is 2.45 bits per heavy atom. The predicted molar refractivity (Wildman–Crippen MR) is 92.2 cm³/mol. The summed E-state index contributed by atoms with van der Waals surface area (Å²) in [5.74, 6) is 0. The lowest BCUT2D eigenvalue weighted by Gasteiger charge is -2.08. The van der Waals surface area contributed by atoms with E-state index < -0.39 is 0 Å². The molecule has 0 atom stereocenters. The highest BCUT2D eigenvalue weighted by molar-refractivity contribution is 9.10. The first kappa shape index (κ1) is 15.0. The Kier molecular flexibility index (Phi) is 4.41. The summed E-state index contributed by atoms with van der Waals surface area (Å²) in [7, 11) is 0. The molecule has 0 unspecified atom stereocenters. The number of hydrogen-bond donors (Lipinski definition) is 0. The van der Waals surface area contributed by atoms with Gasteiger partial charge in [0.25, 0.3) is 5.56 Å². The van der Waals surface area contributed by atoms with Gasteiger partial charge in [-0.2, -0.15) is 5.10 Å². The normalized spacial score (nSPS) is 10.6. The summed E-state index contributed by atoms with van der Waals surface area (Å²) in [5, 5.41) is 5.07. The zero-order valence-electron chi connectivity index (χ0n) is 11.5. The third-order valence-electron chi connectivity index (χ3n) is 3.28. The van der Waals surface area contributed by atoms with Crippen LogP contribution in [0.2, 0.25) is 5.02 Å². The Balaban J connectivity index is 1.98. The highest BCUT2D eigenvalue weighted by atomic mass is 79.9. The van der Waals surface area contributed by atoms with Gasteiger partial charge in [0, 0.05) is 21.1 Å². The SMILES string of the molecule is O=c1ccc(-c2ccc(Br)cc2)nn1Cc1ccccc1Cl. The monoisotopic (exact) mass is 374 g/mol. The summed E-state index contributed by atoms with van der Waals surface area (Å²) in [6.45, 7) is 0.350. The minimum Gasteiger partial charge on any atom is -0.268 e. The molecule has 0 N–H and O–H groups in total. The molecule has 3 aromatic rings. The maximum absolute atomic E-state index is 12.0. The largest absolute Gasteiger partial charge is 0.268 e. The smallest absolute Gasteiger partial charge is 0.267 e. The topological polar surface area (TPSA) is 34.9 Å². The van der Waals surface area contributed by atoms with Crippen LogP contribution in [0.5, 0.6) is 0 Å². The first-order valence-electron chi connectivity index (χ1n) is 6.71. The van der Waals surface area contributed by atoms with Gasteiger partial charge in [-0.15, -0.1) is 0 Å². The number of rotatable bonds is 3. The highest BCUT2D eigenvalue weighted by Gasteiger charge is 2.06. The molecule has 0 aliphatic carbocycles. The Morgan fingerprint density at radius 1 is 1.00 bits per heavy atom. The van der Waals surface area contributed by atoms with Crippen LogP contribution in [0.25, 0.3) is 11.3 Å². The van der Waals surface area contributed by atoms with Crippen molar-refractivity contribution in [1.29, 1.82) is 0 Å². The van der Waals surface area contributed by atoms with E-state index in [0.29, 0.717) is 11.6 Å². The minimum atomic E-state index is -0.152. The van der Waals surface area contributed by atoms with E-state index in [1.54, 1.807) is 12.1 Å². The molecule has 1 aromatic heterocycles. The molecule has 0 saturated carbocycles. The van der Waals surface area contributed by atoms with Gasteiger partial charge in [-0.1, -0.05) is 57.9 Å². The summed E-state index contributed by atoms with van der Waals surface area (Å²) in [6.07, 6.45) is 0. The van der Waals surface area contributed by atoms with Crippen LogP contribution in [0, 0.1) is 0 Å². The van der Waals surface area contributed by atoms with Gasteiger partial charge >= 0.3 is 0 Å². The van der Waals surface area contributed by atoms with Crippen molar-refractivity contribution in [1.82, 2.24) is 9.78 Å². The Labute approximate surface area is 141 Å². The van der Waals surface area contributed by atoms with Crippen molar-refractivity contribution in [3.63, 3.8) is 0 Å². The molecule has 1 heterocycles. The molecule has 5 heteroatoms. The number of hydrogen-bond acceptors (Lipinski definition) is 2. The third kappa shape index (κ3) is 3.29. The van der Waals surface area contributed by atoms with E-state index in [0.717, 1.165) is 21.3 Å². The fourth-order valence-electron chi connectivity index (χ4n) is 2.12. The fourth-order valence-corrected chi connectivity index (χ4v) is 2.58. The third-order valence-corrected chi connectivity index (χ3v) is 4.18. The van der Waals surface area contributed by atoms with E-state index in [1.165, 1.54) is 10.7 Å². The second kappa shape index (κ2) is 6.46. The van der Waals surface area contributed by atoms with Crippen molar-refractivity contribution in [3.8, 4) is 11.3 Å². The van der Waals surface area contributed by atoms with Gasteiger partial charge in [-0.3, -0.25) is 4.79 Å². The van der Waals surface area contributed by atoms with E-state index in [4.69, 9.17) is 11.6 Å². The van der Waals surface area contributed by atoms with Gasteiger partial charge in [0.1, 0.15) is 0 Å². The average molecular weight is 376 g/mol. The average Bonchev–Trinajstić information content (AvgIpc) is 2.52. The lowest BCUT2D eigenvalue weighted by molar-refractivity contribution is 0.643. The first-order valence-corrected chi connectivity index (χ1v) is 7.88. The van der Waals surface area contributed by atoms with E-state index in [2.05, 4.69) is 21.0 Å². The zero-order chi connectivity index (χ0) is 15.5. The van der Waals surface area contributed by atoms with Crippen molar-refractivity contribution >= 4 is 27.5 Å². The highest BCUT2D eigenvalue weighted by Crippen LogP contribution is 2.19. The van der Waals surface area contributed by atoms with Crippen LogP contribution >= 0.6 is 27.5 Å². The van der Waals surface area contributed by atoms with E-state index in [9.17, 15) is 4.79 Å². The van der Waals surface area contributed by atoms with Crippen LogP contribution in [-0.2, 0) is 6.54 Å². The molecule has 3 rings (SSSR count). The molecule has 0 bridgehead atoms. The summed E-state index contributed by atoms with van der Waals surface area (Å²) >= 11 is 9.56. The second-order valence-electron chi connectivity index (χ2n) is 4.81. The van der Waals surface area contributed by atoms with Gasteiger partial charge in [0.05, 0.1) is 12.2 Å². The fraction of sp³-hybridized carbons (Fsp3) is 0.0588. The van der Waals surface area contributed by atoms with Gasteiger partial charge in [0.15, 0.2) is 0 Å². The molecule has 0 spiro atoms. The van der Waals surface area contributed by atoms with Crippen molar-refractivity contribution in [2.24, 2.45) is 0 Å². The molecule has 0 aliphatic heterocycles. The van der Waals surface area contributed by atoms with Crippen LogP contribution in [-0.4, -0.2) is 9.78 Å². The van der Waals surface area contributed by atoms with E-state index >= 15 is 0 Å². The molecule has 22 heavy (non-hydrogen) atoms. The quantitative estimate of drug-likeness (QED) is 0.681. The van der Waals surface area contributed by atoms with Crippen molar-refractivity contribution in [3.05, 3.63) is 86.1 Å². The molecule has 3 nitrogen and oxygen atoms in total. The molecular formula is C17H12BrClN2O. The van der Waals surface area contributed by atoms with Crippen LogP contribution in [0.1, 0.15) is 5.56 Å². The molecule has 2 aromatic carbocycles. The Bertz CT molecular complexity index is 859. The summed E-state index contributed by atoms with van der Waals surface area (Å²) in [5.41, 5.74) is 2.42. The minimum absolute atomic E-state index is 0.152. The van der Waals surface area contributed by atoms with Gasteiger partial charge in [-0.25, -0.2) is 4.68 Å². The van der Waals surface area contributed by atoms with E-state index in [1.807, 2.05) is 42.5 Å². The number of halogens is 2. The van der Waals surface area contributed by atoms with Crippen molar-refractivity contribution in [2.75, 3.05) is 0 Å². The maximum atomic E-state index is 12.0. The molecule has 0 amide bonds. The Morgan fingerprint density at radius 2 is 1.73 bits per heavy atom. The van der Waals surface area contributed by atoms with Crippen molar-refractivity contribution < 1.29 is 0 Å². The lowest BCUT2D eigenvalue weighted by atomic mass is 10.1. The molecule has 0 radical (unpaired) electrons. The molecular weight excluding hydrogens is 364 g/mol. The molecule has 0 fully saturated rings. The van der Waals surface area contributed by atoms with Crippen LogP contribution in [0.15, 0.2) is 69.9 Å². The molecule has 0 aliphatic rings. The zero-order valence-corrected chi connectivity index (χ0v) is 13.9. The summed E-state index contributed by atoms with van der Waals surface area (Å²) < 4.78 is 2.43. The van der Waals surface area contributed by atoms with Gasteiger partial charge in [-0.05, 0) is 29.8 Å². The van der Waals surface area contributed by atoms with Gasteiger partial charge in [0.2, 0.25) is 0 Å². The van der Waals surface area contributed by atoms with Crippen molar-refractivity contribution in [2.45, 2.75) is 6.54 Å². The molecule has 110 valence electrons. The standard InChI is InChI=1S/C17H12BrClN2O/c18-14-7-5-12(6-8-14)16-9-10-17(22)21(20-16)11-13-3-1-2-4-15(13)19/h1-10H,11H2. The van der Waals surface area contributed by atoms with Gasteiger partial charge < -0.3 is 0 Å². The van der Waals surface area contributed by atoms with Crippen LogP contribution in [0.4, 0.5) is 0 Å². The second-order valence-corrected chi connectivity index (χ2v) is 6.14. The summed E-state index contributed by atoms with van der Waals surface area (Å²) in [4.78, 5) is 12.0. The number of benzene rings is 2. The molecule has 0 saturated heterocycles. The van der Waals surface area contributed by atoms with E-state index in [-0.39, 0.29) is 5.56 Å². The Hall–Kier alpha value is -1.91.